The maximum absolute atomic E-state index is 13.3. The summed E-state index contributed by atoms with van der Waals surface area (Å²) in [6, 6.07) is 9.46. The van der Waals surface area contributed by atoms with Gasteiger partial charge in [0.2, 0.25) is 5.91 Å². The van der Waals surface area contributed by atoms with E-state index >= 15 is 0 Å². The summed E-state index contributed by atoms with van der Waals surface area (Å²) in [5.41, 5.74) is 2.67. The lowest BCUT2D eigenvalue weighted by Gasteiger charge is -2.46. The number of carbonyl (C=O) groups is 3. The molecule has 0 bridgehead atoms. The van der Waals surface area contributed by atoms with Gasteiger partial charge in [-0.1, -0.05) is 12.1 Å². The number of ether oxygens (including phenoxy) is 2. The molecule has 1 aromatic carbocycles. The van der Waals surface area contributed by atoms with E-state index in [9.17, 15) is 19.2 Å². The molecule has 232 valence electrons. The molecule has 0 unspecified atom stereocenters. The van der Waals surface area contributed by atoms with E-state index in [4.69, 9.17) is 9.47 Å². The predicted octanol–water partition coefficient (Wildman–Crippen LogP) is 4.11. The minimum atomic E-state index is -0.584. The van der Waals surface area contributed by atoms with E-state index in [0.717, 1.165) is 55.5 Å². The average molecular weight is 603 g/mol. The molecule has 12 heteroatoms. The lowest BCUT2D eigenvalue weighted by atomic mass is 9.73. The van der Waals surface area contributed by atoms with Crippen LogP contribution in [0.4, 0.5) is 16.3 Å². The fourth-order valence-corrected chi connectivity index (χ4v) is 6.42. The highest BCUT2D eigenvalue weighted by Gasteiger charge is 2.40. The van der Waals surface area contributed by atoms with Crippen LogP contribution in [0.2, 0.25) is 0 Å². The number of nitrogens with zero attached hydrogens (tertiary/aromatic N) is 4. The lowest BCUT2D eigenvalue weighted by molar-refractivity contribution is -0.127. The second-order valence-electron chi connectivity index (χ2n) is 12.9. The van der Waals surface area contributed by atoms with Crippen LogP contribution < -0.4 is 21.2 Å². The van der Waals surface area contributed by atoms with Crippen molar-refractivity contribution in [1.82, 2.24) is 19.4 Å². The highest BCUT2D eigenvalue weighted by atomic mass is 16.6. The Morgan fingerprint density at radius 1 is 1.11 bits per heavy atom. The lowest BCUT2D eigenvalue weighted by Crippen LogP contribution is -2.44. The fraction of sp³-hybridized carbons (Fsp3) is 0.469. The molecule has 0 radical (unpaired) electrons. The molecule has 2 N–H and O–H groups in total. The van der Waals surface area contributed by atoms with E-state index in [1.54, 1.807) is 23.9 Å². The van der Waals surface area contributed by atoms with Crippen LogP contribution in [0.5, 0.6) is 0 Å². The number of piperidine rings is 1. The normalized spacial score (nSPS) is 20.4. The summed E-state index contributed by atoms with van der Waals surface area (Å²) < 4.78 is 14.7. The fourth-order valence-electron chi connectivity index (χ4n) is 6.42. The number of carbonyl (C=O) groups excluding carboxylic acids is 3. The molecule has 3 aliphatic rings. The van der Waals surface area contributed by atoms with Gasteiger partial charge in [-0.3, -0.25) is 29.4 Å². The van der Waals surface area contributed by atoms with Gasteiger partial charge in [-0.25, -0.2) is 14.6 Å². The summed E-state index contributed by atoms with van der Waals surface area (Å²) in [7, 11) is 1.71. The van der Waals surface area contributed by atoms with Crippen molar-refractivity contribution in [1.29, 1.82) is 0 Å². The molecule has 2 saturated heterocycles. The molecule has 0 saturated carbocycles. The van der Waals surface area contributed by atoms with Crippen molar-refractivity contribution in [3.8, 4) is 0 Å². The van der Waals surface area contributed by atoms with Crippen LogP contribution in [-0.4, -0.2) is 57.3 Å². The molecule has 6 rings (SSSR count). The van der Waals surface area contributed by atoms with E-state index in [2.05, 4.69) is 20.5 Å². The molecular weight excluding hydrogens is 564 g/mol. The molecule has 1 atom stereocenters. The number of hydrogen-bond acceptors (Lipinski definition) is 8. The molecule has 2 fully saturated rings. The van der Waals surface area contributed by atoms with Crippen LogP contribution in [0, 0.1) is 5.41 Å². The first-order valence-corrected chi connectivity index (χ1v) is 15.0. The zero-order chi connectivity index (χ0) is 31.2. The molecule has 3 aromatic rings. The third-order valence-electron chi connectivity index (χ3n) is 8.73. The second kappa shape index (κ2) is 11.2. The number of aromatic nitrogens is 3. The first kappa shape index (κ1) is 29.6. The van der Waals surface area contributed by atoms with Gasteiger partial charge >= 0.3 is 11.8 Å². The van der Waals surface area contributed by atoms with Gasteiger partial charge in [-0.2, -0.15) is 0 Å². The number of pyridine rings is 1. The summed E-state index contributed by atoms with van der Waals surface area (Å²) in [6.45, 7) is 7.72. The number of imidazole rings is 1. The zero-order valence-electron chi connectivity index (χ0n) is 25.5. The van der Waals surface area contributed by atoms with Gasteiger partial charge in [-0.05, 0) is 81.7 Å². The zero-order valence-corrected chi connectivity index (χ0v) is 25.5. The molecule has 5 heterocycles. The molecule has 3 aliphatic heterocycles. The van der Waals surface area contributed by atoms with Crippen molar-refractivity contribution < 1.29 is 23.9 Å². The number of anilines is 2. The summed E-state index contributed by atoms with van der Waals surface area (Å²) in [6.07, 6.45) is 6.55. The van der Waals surface area contributed by atoms with Crippen molar-refractivity contribution in [3.05, 3.63) is 58.7 Å². The van der Waals surface area contributed by atoms with Gasteiger partial charge in [0.05, 0.1) is 29.4 Å². The highest BCUT2D eigenvalue weighted by molar-refractivity contribution is 6.22. The Hall–Kier alpha value is -4.45. The molecule has 1 spiro atoms. The molecule has 12 nitrogen and oxygen atoms in total. The Kier molecular flexibility index (Phi) is 7.56. The standard InChI is InChI=1S/C32H38N6O6/c1-31(2,3)44-29(41)34-25-10-8-20(18-33-25)24-12-13-32(19-43-24)14-16-37(17-15-32)21-6-5-7-22-27(21)36(4)30(42)38(22)23-9-11-26(39)35-28(23)40/h5-10,18,24H,11-17,19H2,1-4H3,(H,33,34,41)(H,35,39,40)/t24-/m1/s1. The number of fused-ring (bicyclic) bond motifs is 1. The average Bonchev–Trinajstić information content (AvgIpc) is 3.23. The minimum Gasteiger partial charge on any atom is -0.444 e. The van der Waals surface area contributed by atoms with Crippen molar-refractivity contribution in [3.63, 3.8) is 0 Å². The first-order chi connectivity index (χ1) is 20.9. The van der Waals surface area contributed by atoms with Crippen molar-refractivity contribution >= 4 is 46.1 Å². The van der Waals surface area contributed by atoms with Gasteiger partial charge in [0.15, 0.2) is 0 Å². The maximum atomic E-state index is 13.3. The Bertz CT molecular complexity index is 1700. The van der Waals surface area contributed by atoms with Crippen LogP contribution >= 0.6 is 0 Å². The van der Waals surface area contributed by atoms with Gasteiger partial charge in [0.25, 0.3) is 5.91 Å². The summed E-state index contributed by atoms with van der Waals surface area (Å²) in [4.78, 5) is 56.3. The maximum Gasteiger partial charge on any atom is 0.413 e. The Morgan fingerprint density at radius 3 is 2.52 bits per heavy atom. The van der Waals surface area contributed by atoms with Crippen LogP contribution in [-0.2, 0) is 26.1 Å². The van der Waals surface area contributed by atoms with Crippen LogP contribution in [0.15, 0.2) is 47.4 Å². The number of imide groups is 1. The number of benzene rings is 1. The van der Waals surface area contributed by atoms with Crippen molar-refractivity contribution in [2.75, 3.05) is 29.9 Å². The predicted molar refractivity (Wildman–Crippen MR) is 165 cm³/mol. The van der Waals surface area contributed by atoms with E-state index in [1.807, 2.05) is 45.0 Å². The number of hydrogen-bond donors (Lipinski definition) is 2. The summed E-state index contributed by atoms with van der Waals surface area (Å²) in [5.74, 6) is -0.518. The minimum absolute atomic E-state index is 0.0495. The van der Waals surface area contributed by atoms with Gasteiger partial charge in [0, 0.05) is 32.8 Å². The summed E-state index contributed by atoms with van der Waals surface area (Å²) in [5, 5.41) is 4.97. The molecule has 3 amide bonds. The number of nitrogens with one attached hydrogen (secondary N) is 2. The SMILES string of the molecule is Cn1c(=O)n(C2=CCC(=O)NC2=O)c2cccc(N3CCC4(CC[C@H](c5ccc(NC(=O)OC(C)(C)C)nc5)OC4)CC3)c21. The molecule has 2 aromatic heterocycles. The Labute approximate surface area is 255 Å². The first-order valence-electron chi connectivity index (χ1n) is 15.0. The number of rotatable bonds is 4. The largest absolute Gasteiger partial charge is 0.444 e. The van der Waals surface area contributed by atoms with Gasteiger partial charge in [0.1, 0.15) is 17.1 Å². The van der Waals surface area contributed by atoms with E-state index in [0.29, 0.717) is 17.9 Å². The van der Waals surface area contributed by atoms with E-state index in [1.165, 1.54) is 10.6 Å². The van der Waals surface area contributed by atoms with Crippen molar-refractivity contribution in [2.45, 2.75) is 64.6 Å². The summed E-state index contributed by atoms with van der Waals surface area (Å²) >= 11 is 0. The molecular formula is C32H38N6O6. The smallest absolute Gasteiger partial charge is 0.413 e. The Balaban J connectivity index is 1.11. The number of amides is 3. The number of para-hydroxylation sites is 1. The topological polar surface area (TPSA) is 137 Å². The van der Waals surface area contributed by atoms with Crippen LogP contribution in [0.3, 0.4) is 0 Å². The molecule has 44 heavy (non-hydrogen) atoms. The number of aryl methyl sites for hydroxylation is 1. The Morgan fingerprint density at radius 2 is 1.89 bits per heavy atom. The third kappa shape index (κ3) is 5.73. The van der Waals surface area contributed by atoms with E-state index < -0.39 is 17.6 Å². The third-order valence-corrected chi connectivity index (χ3v) is 8.73. The van der Waals surface area contributed by atoms with E-state index in [-0.39, 0.29) is 35.2 Å². The second-order valence-corrected chi connectivity index (χ2v) is 12.9. The molecule has 0 aliphatic carbocycles. The monoisotopic (exact) mass is 602 g/mol. The van der Waals surface area contributed by atoms with Gasteiger partial charge < -0.3 is 14.4 Å². The highest BCUT2D eigenvalue weighted by Crippen LogP contribution is 2.45. The van der Waals surface area contributed by atoms with Crippen LogP contribution in [0.25, 0.3) is 16.7 Å². The van der Waals surface area contributed by atoms with Crippen molar-refractivity contribution in [2.24, 2.45) is 12.5 Å². The van der Waals surface area contributed by atoms with Crippen LogP contribution in [0.1, 0.15) is 64.5 Å². The quantitative estimate of drug-likeness (QED) is 0.426. The van der Waals surface area contributed by atoms with Gasteiger partial charge in [-0.15, -0.1) is 0 Å².